The van der Waals surface area contributed by atoms with E-state index in [4.69, 9.17) is 18.9 Å². The third kappa shape index (κ3) is 14.0. The molecule has 0 heterocycles. The van der Waals surface area contributed by atoms with Gasteiger partial charge in [0.15, 0.2) is 0 Å². The third-order valence-electron chi connectivity index (χ3n) is 31.0. The van der Waals surface area contributed by atoms with Crippen molar-refractivity contribution in [3.63, 3.8) is 0 Å². The molecule has 0 bridgehead atoms. The lowest BCUT2D eigenvalue weighted by Crippen LogP contribution is -2.44. The second-order valence-corrected chi connectivity index (χ2v) is 35.5. The van der Waals surface area contributed by atoms with Crippen molar-refractivity contribution in [2.24, 2.45) is 69.0 Å². The largest absolute Gasteiger partial charge is 0.508 e. The van der Waals surface area contributed by atoms with Crippen LogP contribution in [0.1, 0.15) is 306 Å². The molecular formula is C88H128O12. The number of methoxy groups -OCH3 is 4. The van der Waals surface area contributed by atoms with Gasteiger partial charge in [0.2, 0.25) is 0 Å². The lowest BCUT2D eigenvalue weighted by molar-refractivity contribution is -0.0432. The van der Waals surface area contributed by atoms with Gasteiger partial charge in [-0.05, 0) is 364 Å². The van der Waals surface area contributed by atoms with E-state index in [1.54, 1.807) is 28.4 Å². The maximum Gasteiger partial charge on any atom is 0.115 e. The maximum atomic E-state index is 10.7. The Morgan fingerprint density at radius 3 is 0.950 bits per heavy atom. The van der Waals surface area contributed by atoms with Crippen LogP contribution in [0.2, 0.25) is 0 Å². The van der Waals surface area contributed by atoms with Crippen LogP contribution in [0.3, 0.4) is 0 Å². The molecule has 8 N–H and O–H groups in total. The highest BCUT2D eigenvalue weighted by molar-refractivity contribution is 5.46. The monoisotopic (exact) mass is 1380 g/mol. The van der Waals surface area contributed by atoms with Crippen molar-refractivity contribution in [1.29, 1.82) is 0 Å². The topological polar surface area (TPSA) is 199 Å². The van der Waals surface area contributed by atoms with E-state index in [-0.39, 0.29) is 52.2 Å². The summed E-state index contributed by atoms with van der Waals surface area (Å²) in [5, 5.41) is 82.4. The molecule has 24 atom stereocenters. The minimum atomic E-state index is -0.138. The van der Waals surface area contributed by atoms with E-state index in [0.717, 1.165) is 110 Å². The number of unbranched alkanes of at least 4 members (excludes halogenated alkanes) is 4. The molecule has 0 aromatic heterocycles. The van der Waals surface area contributed by atoms with E-state index in [9.17, 15) is 40.9 Å². The van der Waals surface area contributed by atoms with Crippen molar-refractivity contribution in [2.45, 2.75) is 286 Å². The number of ether oxygens (including phenoxy) is 4. The SMILES string of the molecule is COCCCCCC[C@@H]1C[C@@H]2[C@H](CC[C@]3(C)[C@@H](O)CC[C@@H]23)c2ccc(O)cc21.COCCCC[C@@H]1C[C@@H]2[C@H](CC[C@]3(C)[C@@H](O)CC[C@@H]23)c2ccc(O)cc21.COCC[C@@H]1C[C@@H]2[C@H](CC[C@]3(C)[C@@H](O)CC[C@@H]23)c2ccc(O)cc21.CO[C@@H]1C[C@@H]2[C@H](CC[C@]3(C)[C@@H](O)CC[C@@H]23)c2ccc(O)cc21. The van der Waals surface area contributed by atoms with Gasteiger partial charge in [0.25, 0.3) is 0 Å². The number of hydrogen-bond donors (Lipinski definition) is 8. The van der Waals surface area contributed by atoms with Crippen molar-refractivity contribution in [2.75, 3.05) is 48.3 Å². The predicted molar refractivity (Wildman–Crippen MR) is 395 cm³/mol. The standard InChI is InChI=1S/C25H38O3.C23H34O3.C21H30O3.C19H26O3/c1-25-13-12-20-19-9-8-18(26)16-21(19)17(7-5-3-4-6-14-28-2)15-22(20)23(25)10-11-24(25)27;1-23-11-10-18-17-7-6-16(24)14-19(17)15(5-3-4-12-26-2)13-20(18)21(23)8-9-22(23)25;1-21-9-7-16-15-4-3-14(22)12-17(15)13(8-10-24-2)11-18(16)19(21)5-6-20(21)23;1-19-8-7-13-12-4-3-11(20)9-15(12)17(22-2)10-14(13)16(19)5-6-18(19)21/h8-9,16-17,20,22-24,26-27H,3-7,10-15H2,1-2H3;6-7,14-15,18,20-22,24-25H,3-5,8-13H2,1-2H3;3-4,12-13,16,18-20,22-23H,5-11H2,1-2H3;3-4,9,13-14,16-18,20-21H,5-8,10H2,1-2H3/t17-,20-,22-,23+,24+,25+;15-,18-,20-,21+,22+,23+;13-,16-,18-,19+,20+,21+;13-,14-,16+,17-,18+,19+/m1111/s1. The summed E-state index contributed by atoms with van der Waals surface area (Å²) in [4.78, 5) is 0. The molecule has 0 spiro atoms. The van der Waals surface area contributed by atoms with Crippen molar-refractivity contribution in [3.8, 4) is 23.0 Å². The van der Waals surface area contributed by atoms with E-state index < -0.39 is 0 Å². The van der Waals surface area contributed by atoms with Gasteiger partial charge in [-0.25, -0.2) is 0 Å². The summed E-state index contributed by atoms with van der Waals surface area (Å²) in [6.07, 6.45) is 32.6. The van der Waals surface area contributed by atoms with Crippen molar-refractivity contribution < 1.29 is 59.8 Å². The molecular weight excluding hydrogens is 1250 g/mol. The van der Waals surface area contributed by atoms with Gasteiger partial charge in [-0.1, -0.05) is 77.6 Å². The van der Waals surface area contributed by atoms with Crippen LogP contribution in [0.25, 0.3) is 0 Å². The molecule has 4 aromatic carbocycles. The maximum absolute atomic E-state index is 10.7. The lowest BCUT2D eigenvalue weighted by atomic mass is 9.53. The van der Waals surface area contributed by atoms with Crippen molar-refractivity contribution in [3.05, 3.63) is 117 Å². The number of aliphatic hydroxyl groups is 4. The van der Waals surface area contributed by atoms with Crippen molar-refractivity contribution >= 4 is 0 Å². The van der Waals surface area contributed by atoms with Gasteiger partial charge in [0.05, 0.1) is 30.5 Å². The first-order valence-corrected chi connectivity index (χ1v) is 40.2. The summed E-state index contributed by atoms with van der Waals surface area (Å²) in [6.45, 7) is 11.8. The molecule has 100 heavy (non-hydrogen) atoms. The Hall–Kier alpha value is -4.24. The zero-order chi connectivity index (χ0) is 70.4. The molecule has 4 aromatic rings. The fraction of sp³-hybridized carbons (Fsp3) is 0.727. The number of hydrogen-bond acceptors (Lipinski definition) is 12. The van der Waals surface area contributed by atoms with Gasteiger partial charge in [-0.3, -0.25) is 0 Å². The Morgan fingerprint density at radius 1 is 0.320 bits per heavy atom. The second kappa shape index (κ2) is 31.1. The molecule has 0 aliphatic heterocycles. The smallest absolute Gasteiger partial charge is 0.115 e. The normalized spacial score (nSPS) is 39.6. The van der Waals surface area contributed by atoms with Crippen LogP contribution in [0, 0.1) is 69.0 Å². The Morgan fingerprint density at radius 2 is 0.610 bits per heavy atom. The minimum absolute atomic E-state index is 0.0726. The van der Waals surface area contributed by atoms with Crippen LogP contribution >= 0.6 is 0 Å². The number of aromatic hydroxyl groups is 4. The molecule has 16 rings (SSSR count). The Labute approximate surface area is 600 Å². The first-order valence-electron chi connectivity index (χ1n) is 40.2. The number of benzene rings is 4. The lowest BCUT2D eigenvalue weighted by Gasteiger charge is -2.51. The van der Waals surface area contributed by atoms with Gasteiger partial charge in [0, 0.05) is 48.3 Å². The molecule has 0 radical (unpaired) electrons. The van der Waals surface area contributed by atoms with Gasteiger partial charge < -0.3 is 59.8 Å². The summed E-state index contributed by atoms with van der Waals surface area (Å²) in [6, 6.07) is 24.1. The van der Waals surface area contributed by atoms with Crippen LogP contribution in [0.5, 0.6) is 23.0 Å². The summed E-state index contributed by atoms with van der Waals surface area (Å²) < 4.78 is 21.5. The fourth-order valence-corrected chi connectivity index (χ4v) is 25.5. The zero-order valence-electron chi connectivity index (χ0n) is 62.3. The van der Waals surface area contributed by atoms with Crippen LogP contribution in [0.4, 0.5) is 0 Å². The number of phenols is 4. The van der Waals surface area contributed by atoms with Crippen LogP contribution < -0.4 is 0 Å². The highest BCUT2D eigenvalue weighted by Gasteiger charge is 2.60. The third-order valence-corrected chi connectivity index (χ3v) is 31.0. The average molecular weight is 1380 g/mol. The van der Waals surface area contributed by atoms with Gasteiger partial charge in [-0.2, -0.15) is 0 Å². The number of aliphatic hydroxyl groups excluding tert-OH is 4. The molecule has 12 aliphatic rings. The fourth-order valence-electron chi connectivity index (χ4n) is 25.5. The molecule has 8 fully saturated rings. The first-order chi connectivity index (χ1) is 48.2. The summed E-state index contributed by atoms with van der Waals surface area (Å²) >= 11 is 0. The van der Waals surface area contributed by atoms with Gasteiger partial charge in [-0.15, -0.1) is 0 Å². The van der Waals surface area contributed by atoms with E-state index in [0.29, 0.717) is 112 Å². The summed E-state index contributed by atoms with van der Waals surface area (Å²) in [7, 11) is 7.08. The quantitative estimate of drug-likeness (QED) is 0.0495. The summed E-state index contributed by atoms with van der Waals surface area (Å²) in [5.41, 5.74) is 11.6. The zero-order valence-corrected chi connectivity index (χ0v) is 62.3. The van der Waals surface area contributed by atoms with Crippen molar-refractivity contribution in [1.82, 2.24) is 0 Å². The second-order valence-electron chi connectivity index (χ2n) is 35.5. The van der Waals surface area contributed by atoms with Crippen LogP contribution in [-0.2, 0) is 18.9 Å². The Kier molecular flexibility index (Phi) is 23.0. The number of rotatable bonds is 16. The molecule has 0 saturated heterocycles. The molecule has 0 unspecified atom stereocenters. The van der Waals surface area contributed by atoms with Gasteiger partial charge >= 0.3 is 0 Å². The molecule has 12 aliphatic carbocycles. The average Bonchev–Trinajstić information content (AvgIpc) is 1.44. The summed E-state index contributed by atoms with van der Waals surface area (Å²) in [5.74, 6) is 10.7. The number of phenolic OH excluding ortho intramolecular Hbond substituents is 4. The highest BCUT2D eigenvalue weighted by atomic mass is 16.5. The molecule has 12 heteroatoms. The number of fused-ring (bicyclic) bond motifs is 20. The minimum Gasteiger partial charge on any atom is -0.508 e. The molecule has 8 saturated carbocycles. The Bertz CT molecular complexity index is 3390. The first kappa shape index (κ1) is 74.0. The van der Waals surface area contributed by atoms with E-state index in [1.165, 1.54) is 141 Å². The van der Waals surface area contributed by atoms with E-state index in [1.807, 2.05) is 42.5 Å². The van der Waals surface area contributed by atoms with Crippen LogP contribution in [-0.4, -0.2) is 114 Å². The van der Waals surface area contributed by atoms with E-state index >= 15 is 0 Å². The van der Waals surface area contributed by atoms with Crippen LogP contribution in [0.15, 0.2) is 72.8 Å². The predicted octanol–water partition coefficient (Wildman–Crippen LogP) is 18.7. The molecule has 12 nitrogen and oxygen atoms in total. The highest BCUT2D eigenvalue weighted by Crippen LogP contribution is 2.68. The molecule has 0 amide bonds. The molecule has 552 valence electrons. The Balaban J connectivity index is 0.000000120. The van der Waals surface area contributed by atoms with Gasteiger partial charge in [0.1, 0.15) is 23.0 Å². The van der Waals surface area contributed by atoms with E-state index in [2.05, 4.69) is 58.0 Å².